The lowest BCUT2D eigenvalue weighted by molar-refractivity contribution is -0.276. The fourth-order valence-electron chi connectivity index (χ4n) is 2.80. The lowest BCUT2D eigenvalue weighted by Crippen LogP contribution is -2.59. The third-order valence-corrected chi connectivity index (χ3v) is 4.28. The zero-order valence-corrected chi connectivity index (χ0v) is 14.6. The number of hydrogen-bond donors (Lipinski definition) is 2. The summed E-state index contributed by atoms with van der Waals surface area (Å²) in [6, 6.07) is 16.3. The first-order valence-corrected chi connectivity index (χ1v) is 8.51. The standard InChI is InChI=1S/C20H20O7/c1-12-15(21)16(26-18(22)13-8-4-2-5-9-13)17(20(24)25-12)27-19(23)14-10-6-3-7-11-14/h2-12,15-17,20-21,24H,1H3/t12-,15+,16-,17+,20+/m0/s1. The highest BCUT2D eigenvalue weighted by molar-refractivity contribution is 5.90. The van der Waals surface area contributed by atoms with E-state index in [-0.39, 0.29) is 11.1 Å². The summed E-state index contributed by atoms with van der Waals surface area (Å²) in [4.78, 5) is 24.7. The molecule has 0 unspecified atom stereocenters. The van der Waals surface area contributed by atoms with E-state index >= 15 is 0 Å². The molecule has 7 heteroatoms. The van der Waals surface area contributed by atoms with Crippen LogP contribution in [-0.4, -0.2) is 52.9 Å². The minimum Gasteiger partial charge on any atom is -0.452 e. The van der Waals surface area contributed by atoms with Gasteiger partial charge in [0.15, 0.2) is 18.5 Å². The molecule has 0 aromatic heterocycles. The Morgan fingerprint density at radius 2 is 1.26 bits per heavy atom. The van der Waals surface area contributed by atoms with Crippen LogP contribution in [-0.2, 0) is 14.2 Å². The second kappa shape index (κ2) is 8.30. The van der Waals surface area contributed by atoms with E-state index in [2.05, 4.69) is 0 Å². The fourth-order valence-corrected chi connectivity index (χ4v) is 2.80. The largest absolute Gasteiger partial charge is 0.452 e. The summed E-state index contributed by atoms with van der Waals surface area (Å²) in [6.07, 6.45) is -6.32. The van der Waals surface area contributed by atoms with Gasteiger partial charge in [-0.3, -0.25) is 0 Å². The number of hydrogen-bond acceptors (Lipinski definition) is 7. The van der Waals surface area contributed by atoms with Crippen LogP contribution in [0.5, 0.6) is 0 Å². The molecule has 2 aromatic rings. The molecule has 1 heterocycles. The second-order valence-electron chi connectivity index (χ2n) is 6.19. The summed E-state index contributed by atoms with van der Waals surface area (Å²) < 4.78 is 15.9. The average Bonchev–Trinajstić information content (AvgIpc) is 2.69. The van der Waals surface area contributed by atoms with Gasteiger partial charge in [0.1, 0.15) is 6.10 Å². The molecular formula is C20H20O7. The first-order chi connectivity index (χ1) is 13.0. The van der Waals surface area contributed by atoms with Crippen LogP contribution in [0.3, 0.4) is 0 Å². The van der Waals surface area contributed by atoms with Crippen LogP contribution in [0, 0.1) is 0 Å². The average molecular weight is 372 g/mol. The van der Waals surface area contributed by atoms with E-state index in [1.54, 1.807) is 60.7 Å². The lowest BCUT2D eigenvalue weighted by Gasteiger charge is -2.40. The number of rotatable bonds is 4. The smallest absolute Gasteiger partial charge is 0.338 e. The summed E-state index contributed by atoms with van der Waals surface area (Å²) in [6.45, 7) is 1.52. The Morgan fingerprint density at radius 3 is 1.74 bits per heavy atom. The fraction of sp³-hybridized carbons (Fsp3) is 0.300. The van der Waals surface area contributed by atoms with Gasteiger partial charge in [0.25, 0.3) is 0 Å². The molecule has 3 rings (SSSR count). The summed E-state index contributed by atoms with van der Waals surface area (Å²) in [5.41, 5.74) is 0.525. The van der Waals surface area contributed by atoms with Gasteiger partial charge in [-0.05, 0) is 31.2 Å². The van der Waals surface area contributed by atoms with Crippen molar-refractivity contribution in [1.29, 1.82) is 0 Å². The van der Waals surface area contributed by atoms with E-state index in [0.717, 1.165) is 0 Å². The molecule has 0 radical (unpaired) electrons. The van der Waals surface area contributed by atoms with E-state index < -0.39 is 42.6 Å². The number of esters is 2. The van der Waals surface area contributed by atoms with Crippen LogP contribution in [0.4, 0.5) is 0 Å². The van der Waals surface area contributed by atoms with Crippen molar-refractivity contribution in [2.45, 2.75) is 37.6 Å². The van der Waals surface area contributed by atoms with Crippen LogP contribution in [0.15, 0.2) is 60.7 Å². The first-order valence-electron chi connectivity index (χ1n) is 8.51. The van der Waals surface area contributed by atoms with E-state index in [1.165, 1.54) is 6.92 Å². The molecule has 0 aliphatic carbocycles. The van der Waals surface area contributed by atoms with Gasteiger partial charge in [-0.25, -0.2) is 9.59 Å². The molecule has 0 amide bonds. The number of aliphatic hydroxyl groups is 2. The molecule has 0 saturated carbocycles. The topological polar surface area (TPSA) is 102 Å². The monoisotopic (exact) mass is 372 g/mol. The normalized spacial score (nSPS) is 27.6. The van der Waals surface area contributed by atoms with Crippen molar-refractivity contribution in [3.05, 3.63) is 71.8 Å². The summed E-state index contributed by atoms with van der Waals surface area (Å²) >= 11 is 0. The van der Waals surface area contributed by atoms with Gasteiger partial charge in [0.2, 0.25) is 0 Å². The SMILES string of the molecule is C[C@@H]1O[C@@H](O)[C@H](OC(=O)c2ccccc2)[C@@H](OC(=O)c2ccccc2)[C@@H]1O. The second-order valence-corrected chi connectivity index (χ2v) is 6.19. The zero-order chi connectivity index (χ0) is 19.4. The van der Waals surface area contributed by atoms with Crippen molar-refractivity contribution in [3.8, 4) is 0 Å². The Morgan fingerprint density at radius 1 is 0.815 bits per heavy atom. The quantitative estimate of drug-likeness (QED) is 0.785. The number of carbonyl (C=O) groups excluding carboxylic acids is 2. The Kier molecular flexibility index (Phi) is 5.85. The predicted octanol–water partition coefficient (Wildman–Crippen LogP) is 1.54. The molecule has 7 nitrogen and oxygen atoms in total. The van der Waals surface area contributed by atoms with Gasteiger partial charge in [-0.15, -0.1) is 0 Å². The molecule has 1 aliphatic heterocycles. The summed E-state index contributed by atoms with van der Waals surface area (Å²) in [7, 11) is 0. The maximum atomic E-state index is 12.4. The number of ether oxygens (including phenoxy) is 3. The van der Waals surface area contributed by atoms with Crippen LogP contribution in [0.25, 0.3) is 0 Å². The van der Waals surface area contributed by atoms with Crippen molar-refractivity contribution in [3.63, 3.8) is 0 Å². The van der Waals surface area contributed by atoms with Gasteiger partial charge >= 0.3 is 11.9 Å². The van der Waals surface area contributed by atoms with Gasteiger partial charge in [0.05, 0.1) is 17.2 Å². The molecule has 5 atom stereocenters. The van der Waals surface area contributed by atoms with E-state index in [9.17, 15) is 19.8 Å². The van der Waals surface area contributed by atoms with Crippen LogP contribution in [0.1, 0.15) is 27.6 Å². The first kappa shape index (κ1) is 19.0. The van der Waals surface area contributed by atoms with Crippen LogP contribution < -0.4 is 0 Å². The van der Waals surface area contributed by atoms with Gasteiger partial charge in [-0.1, -0.05) is 36.4 Å². The highest BCUT2D eigenvalue weighted by Gasteiger charge is 2.48. The van der Waals surface area contributed by atoms with Crippen molar-refractivity contribution in [2.75, 3.05) is 0 Å². The van der Waals surface area contributed by atoms with E-state index in [4.69, 9.17) is 14.2 Å². The molecule has 27 heavy (non-hydrogen) atoms. The molecule has 142 valence electrons. The summed E-state index contributed by atoms with van der Waals surface area (Å²) in [5.74, 6) is -1.44. The number of aliphatic hydroxyl groups excluding tert-OH is 2. The predicted molar refractivity (Wildman–Crippen MR) is 93.9 cm³/mol. The van der Waals surface area contributed by atoms with Gasteiger partial charge < -0.3 is 24.4 Å². The van der Waals surface area contributed by atoms with Crippen LogP contribution in [0.2, 0.25) is 0 Å². The molecule has 1 fully saturated rings. The molecule has 2 aromatic carbocycles. The third-order valence-electron chi connectivity index (χ3n) is 4.28. The van der Waals surface area contributed by atoms with Crippen molar-refractivity contribution in [2.24, 2.45) is 0 Å². The van der Waals surface area contributed by atoms with Crippen molar-refractivity contribution < 1.29 is 34.0 Å². The van der Waals surface area contributed by atoms with E-state index in [1.807, 2.05) is 0 Å². The Hall–Kier alpha value is -2.74. The zero-order valence-electron chi connectivity index (χ0n) is 14.6. The van der Waals surface area contributed by atoms with Gasteiger partial charge in [-0.2, -0.15) is 0 Å². The third kappa shape index (κ3) is 4.33. The molecule has 2 N–H and O–H groups in total. The minimum absolute atomic E-state index is 0.256. The maximum absolute atomic E-state index is 12.4. The van der Waals surface area contributed by atoms with Crippen molar-refractivity contribution in [1.82, 2.24) is 0 Å². The molecule has 1 saturated heterocycles. The molecule has 1 aliphatic rings. The molecule has 0 bridgehead atoms. The highest BCUT2D eigenvalue weighted by Crippen LogP contribution is 2.26. The molecule has 0 spiro atoms. The lowest BCUT2D eigenvalue weighted by atomic mass is 9.99. The molecular weight excluding hydrogens is 352 g/mol. The number of benzene rings is 2. The minimum atomic E-state index is -1.55. The Balaban J connectivity index is 1.80. The number of carbonyl (C=O) groups is 2. The Bertz CT molecular complexity index is 777. The van der Waals surface area contributed by atoms with Gasteiger partial charge in [0, 0.05) is 0 Å². The Labute approximate surface area is 156 Å². The summed E-state index contributed by atoms with van der Waals surface area (Å²) in [5, 5.41) is 20.6. The van der Waals surface area contributed by atoms with Crippen LogP contribution >= 0.6 is 0 Å². The van der Waals surface area contributed by atoms with E-state index in [0.29, 0.717) is 0 Å². The highest BCUT2D eigenvalue weighted by atomic mass is 16.7. The maximum Gasteiger partial charge on any atom is 0.338 e. The van der Waals surface area contributed by atoms with Crippen molar-refractivity contribution >= 4 is 11.9 Å².